The number of hydrogen-bond acceptors (Lipinski definition) is 4. The predicted octanol–water partition coefficient (Wildman–Crippen LogP) is 1.75. The van der Waals surface area contributed by atoms with Gasteiger partial charge in [-0.3, -0.25) is 4.79 Å². The van der Waals surface area contributed by atoms with E-state index in [4.69, 9.17) is 0 Å². The van der Waals surface area contributed by atoms with Gasteiger partial charge in [-0.1, -0.05) is 25.5 Å². The smallest absolute Gasteiger partial charge is 0.243 e. The van der Waals surface area contributed by atoms with E-state index in [0.717, 1.165) is 24.8 Å². The molecule has 1 aromatic carbocycles. The Bertz CT molecular complexity index is 644. The van der Waals surface area contributed by atoms with Crippen molar-refractivity contribution in [3.05, 3.63) is 29.8 Å². The van der Waals surface area contributed by atoms with E-state index in [-0.39, 0.29) is 24.2 Å². The molecule has 1 amide bonds. The minimum atomic E-state index is -3.39. The number of halogens is 1. The normalized spacial score (nSPS) is 16.7. The van der Waals surface area contributed by atoms with E-state index in [0.29, 0.717) is 31.1 Å². The molecule has 0 bridgehead atoms. The monoisotopic (exact) mass is 389 g/mol. The van der Waals surface area contributed by atoms with Crippen LogP contribution in [0.25, 0.3) is 0 Å². The molecule has 1 fully saturated rings. The number of amides is 1. The van der Waals surface area contributed by atoms with Crippen LogP contribution in [0.2, 0.25) is 0 Å². The number of piperidine rings is 1. The Morgan fingerprint density at radius 1 is 1.16 bits per heavy atom. The minimum Gasteiger partial charge on any atom is -0.352 e. The van der Waals surface area contributed by atoms with Gasteiger partial charge in [-0.15, -0.1) is 12.4 Å². The van der Waals surface area contributed by atoms with Gasteiger partial charge in [0.05, 0.1) is 4.90 Å². The summed E-state index contributed by atoms with van der Waals surface area (Å²) in [6.07, 6.45) is 2.94. The van der Waals surface area contributed by atoms with Gasteiger partial charge in [0.25, 0.3) is 0 Å². The SMILES string of the molecule is CNCC(C)C(=O)NCc1ccc(S(=O)(=O)N2CCCCC2)cc1.Cl. The quantitative estimate of drug-likeness (QED) is 0.744. The van der Waals surface area contributed by atoms with Crippen LogP contribution in [0.3, 0.4) is 0 Å². The van der Waals surface area contributed by atoms with Crippen molar-refractivity contribution in [1.29, 1.82) is 0 Å². The summed E-state index contributed by atoms with van der Waals surface area (Å²) in [7, 11) is -1.58. The summed E-state index contributed by atoms with van der Waals surface area (Å²) in [6, 6.07) is 6.78. The molecule has 2 N–H and O–H groups in total. The number of carbonyl (C=O) groups excluding carboxylic acids is 1. The molecular formula is C17H28ClN3O3S. The van der Waals surface area contributed by atoms with Crippen molar-refractivity contribution in [2.75, 3.05) is 26.7 Å². The number of nitrogens with one attached hydrogen (secondary N) is 2. The van der Waals surface area contributed by atoms with E-state index in [1.54, 1.807) is 28.6 Å². The fraction of sp³-hybridized carbons (Fsp3) is 0.588. The van der Waals surface area contributed by atoms with E-state index >= 15 is 0 Å². The maximum atomic E-state index is 12.6. The van der Waals surface area contributed by atoms with E-state index in [1.807, 2.05) is 14.0 Å². The Hall–Kier alpha value is -1.15. The Morgan fingerprint density at radius 2 is 1.76 bits per heavy atom. The van der Waals surface area contributed by atoms with Gasteiger partial charge in [0.2, 0.25) is 15.9 Å². The third kappa shape index (κ3) is 5.95. The van der Waals surface area contributed by atoms with Crippen LogP contribution in [0.4, 0.5) is 0 Å². The molecule has 0 radical (unpaired) electrons. The molecule has 2 rings (SSSR count). The molecule has 1 heterocycles. The molecule has 1 aromatic rings. The lowest BCUT2D eigenvalue weighted by atomic mass is 10.1. The molecule has 1 unspecified atom stereocenters. The second kappa shape index (κ2) is 10.1. The number of sulfonamides is 1. The average Bonchev–Trinajstić information content (AvgIpc) is 2.61. The standard InChI is InChI=1S/C17H27N3O3S.ClH/c1-14(12-18-2)17(21)19-13-15-6-8-16(9-7-15)24(22,23)20-10-4-3-5-11-20;/h6-9,14,18H,3-5,10-13H2,1-2H3,(H,19,21);1H. The van der Waals surface area contributed by atoms with E-state index in [1.165, 1.54) is 0 Å². The number of nitrogens with zero attached hydrogens (tertiary/aromatic N) is 1. The molecule has 0 spiro atoms. The van der Waals surface area contributed by atoms with Gasteiger partial charge < -0.3 is 10.6 Å². The first kappa shape index (κ1) is 21.9. The molecule has 6 nitrogen and oxygen atoms in total. The Kier molecular flexibility index (Phi) is 8.85. The molecule has 0 aromatic heterocycles. The molecule has 0 aliphatic carbocycles. The topological polar surface area (TPSA) is 78.5 Å². The van der Waals surface area contributed by atoms with Crippen LogP contribution < -0.4 is 10.6 Å². The van der Waals surface area contributed by atoms with E-state index in [9.17, 15) is 13.2 Å². The van der Waals surface area contributed by atoms with Gasteiger partial charge in [0.1, 0.15) is 0 Å². The summed E-state index contributed by atoms with van der Waals surface area (Å²) in [6.45, 7) is 4.09. The third-order valence-electron chi connectivity index (χ3n) is 4.30. The summed E-state index contributed by atoms with van der Waals surface area (Å²) >= 11 is 0. The highest BCUT2D eigenvalue weighted by Gasteiger charge is 2.25. The molecular weight excluding hydrogens is 362 g/mol. The lowest BCUT2D eigenvalue weighted by Gasteiger charge is -2.25. The van der Waals surface area contributed by atoms with Crippen molar-refractivity contribution >= 4 is 28.3 Å². The largest absolute Gasteiger partial charge is 0.352 e. The van der Waals surface area contributed by atoms with Crippen LogP contribution >= 0.6 is 12.4 Å². The minimum absolute atomic E-state index is 0. The summed E-state index contributed by atoms with van der Waals surface area (Å²) in [5.74, 6) is -0.122. The Balaban J connectivity index is 0.00000312. The molecule has 8 heteroatoms. The Labute approximate surface area is 156 Å². The molecule has 1 saturated heterocycles. The first-order valence-electron chi connectivity index (χ1n) is 8.46. The molecule has 0 saturated carbocycles. The highest BCUT2D eigenvalue weighted by molar-refractivity contribution is 7.89. The van der Waals surface area contributed by atoms with Gasteiger partial charge in [0.15, 0.2) is 0 Å². The van der Waals surface area contributed by atoms with Crippen LogP contribution in [0.15, 0.2) is 29.2 Å². The van der Waals surface area contributed by atoms with E-state index in [2.05, 4.69) is 10.6 Å². The van der Waals surface area contributed by atoms with Gasteiger partial charge in [-0.05, 0) is 37.6 Å². The van der Waals surface area contributed by atoms with Crippen LogP contribution in [0, 0.1) is 5.92 Å². The average molecular weight is 390 g/mol. The van der Waals surface area contributed by atoms with Gasteiger partial charge >= 0.3 is 0 Å². The zero-order chi connectivity index (χ0) is 17.6. The maximum absolute atomic E-state index is 12.6. The van der Waals surface area contributed by atoms with Gasteiger partial charge in [-0.2, -0.15) is 4.31 Å². The molecule has 25 heavy (non-hydrogen) atoms. The van der Waals surface area contributed by atoms with Crippen molar-refractivity contribution in [1.82, 2.24) is 14.9 Å². The highest BCUT2D eigenvalue weighted by Crippen LogP contribution is 2.20. The number of rotatable bonds is 7. The summed E-state index contributed by atoms with van der Waals surface area (Å²) in [4.78, 5) is 12.2. The summed E-state index contributed by atoms with van der Waals surface area (Å²) < 4.78 is 26.7. The zero-order valence-corrected chi connectivity index (χ0v) is 16.5. The molecule has 1 atom stereocenters. The van der Waals surface area contributed by atoms with E-state index < -0.39 is 10.0 Å². The van der Waals surface area contributed by atoms with Crippen molar-refractivity contribution in [2.45, 2.75) is 37.6 Å². The van der Waals surface area contributed by atoms with Gasteiger partial charge in [-0.25, -0.2) is 8.42 Å². The first-order valence-corrected chi connectivity index (χ1v) is 9.90. The second-order valence-corrected chi connectivity index (χ2v) is 8.22. The molecule has 142 valence electrons. The van der Waals surface area contributed by atoms with Crippen LogP contribution in [-0.2, 0) is 21.4 Å². The maximum Gasteiger partial charge on any atom is 0.243 e. The van der Waals surface area contributed by atoms with Crippen LogP contribution in [0.1, 0.15) is 31.7 Å². The summed E-state index contributed by atoms with van der Waals surface area (Å²) in [5, 5.41) is 5.84. The van der Waals surface area contributed by atoms with Gasteiger partial charge in [0, 0.05) is 32.1 Å². The molecule has 1 aliphatic heterocycles. The highest BCUT2D eigenvalue weighted by atomic mass is 35.5. The van der Waals surface area contributed by atoms with Crippen molar-refractivity contribution in [2.24, 2.45) is 5.92 Å². The third-order valence-corrected chi connectivity index (χ3v) is 6.21. The number of benzene rings is 1. The van der Waals surface area contributed by atoms with Crippen LogP contribution in [0.5, 0.6) is 0 Å². The second-order valence-electron chi connectivity index (χ2n) is 6.29. The lowest BCUT2D eigenvalue weighted by molar-refractivity contribution is -0.124. The molecule has 1 aliphatic rings. The van der Waals surface area contributed by atoms with Crippen molar-refractivity contribution in [3.63, 3.8) is 0 Å². The van der Waals surface area contributed by atoms with Crippen LogP contribution in [-0.4, -0.2) is 45.3 Å². The fourth-order valence-electron chi connectivity index (χ4n) is 2.80. The lowest BCUT2D eigenvalue weighted by Crippen LogP contribution is -2.35. The number of carbonyl (C=O) groups is 1. The Morgan fingerprint density at radius 3 is 2.32 bits per heavy atom. The first-order chi connectivity index (χ1) is 11.4. The number of hydrogen-bond donors (Lipinski definition) is 2. The predicted molar refractivity (Wildman–Crippen MR) is 101 cm³/mol. The fourth-order valence-corrected chi connectivity index (χ4v) is 4.31. The van der Waals surface area contributed by atoms with Crippen molar-refractivity contribution in [3.8, 4) is 0 Å². The summed E-state index contributed by atoms with van der Waals surface area (Å²) in [5.41, 5.74) is 0.887. The van der Waals surface area contributed by atoms with Crippen molar-refractivity contribution < 1.29 is 13.2 Å². The zero-order valence-electron chi connectivity index (χ0n) is 14.8.